The van der Waals surface area contributed by atoms with Crippen LogP contribution >= 0.6 is 0 Å². The first-order valence-electron chi connectivity index (χ1n) is 9.35. The highest BCUT2D eigenvalue weighted by Gasteiger charge is 2.42. The lowest BCUT2D eigenvalue weighted by atomic mass is 9.88. The molecule has 0 bridgehead atoms. The van der Waals surface area contributed by atoms with Crippen LogP contribution in [0.1, 0.15) is 36.3 Å². The minimum Gasteiger partial charge on any atom is -0.342 e. The summed E-state index contributed by atoms with van der Waals surface area (Å²) in [5.41, 5.74) is 8.64. The van der Waals surface area contributed by atoms with Crippen molar-refractivity contribution in [3.8, 4) is 0 Å². The maximum absolute atomic E-state index is 13.0. The molecule has 2 fully saturated rings. The van der Waals surface area contributed by atoms with Gasteiger partial charge >= 0.3 is 0 Å². The Bertz CT molecular complexity index is 676. The number of carbonyl (C=O) groups excluding carboxylic acids is 1. The molecule has 2 aromatic rings. The standard InChI is InChI=1S/C22H26N2O/c23-21-12-11-18-14-24(15-20(18)21)22(25)13-19(16-7-3-1-4-8-16)17-9-5-2-6-10-17/h1-10,18-21H,11-15,23H2. The maximum Gasteiger partial charge on any atom is 0.223 e. The van der Waals surface area contributed by atoms with Crippen LogP contribution in [-0.2, 0) is 4.79 Å². The van der Waals surface area contributed by atoms with Gasteiger partial charge in [0, 0.05) is 31.5 Å². The summed E-state index contributed by atoms with van der Waals surface area (Å²) in [5.74, 6) is 1.50. The summed E-state index contributed by atoms with van der Waals surface area (Å²) in [6.07, 6.45) is 2.83. The van der Waals surface area contributed by atoms with Gasteiger partial charge in [0.05, 0.1) is 0 Å². The number of fused-ring (bicyclic) bond motifs is 1. The molecule has 130 valence electrons. The lowest BCUT2D eigenvalue weighted by molar-refractivity contribution is -0.130. The van der Waals surface area contributed by atoms with Crippen LogP contribution in [0.15, 0.2) is 60.7 Å². The molecule has 3 unspecified atom stereocenters. The molecule has 2 N–H and O–H groups in total. The van der Waals surface area contributed by atoms with Crippen LogP contribution in [0.25, 0.3) is 0 Å². The van der Waals surface area contributed by atoms with Gasteiger partial charge in [-0.3, -0.25) is 4.79 Å². The lowest BCUT2D eigenvalue weighted by Gasteiger charge is -2.23. The molecular weight excluding hydrogens is 308 g/mol. The van der Waals surface area contributed by atoms with E-state index in [2.05, 4.69) is 53.4 Å². The molecule has 0 radical (unpaired) electrons. The molecule has 3 nitrogen and oxygen atoms in total. The summed E-state index contributed by atoms with van der Waals surface area (Å²) in [4.78, 5) is 15.1. The molecule has 0 spiro atoms. The fourth-order valence-corrected chi connectivity index (χ4v) is 4.61. The molecule has 1 amide bonds. The molecule has 1 saturated heterocycles. The van der Waals surface area contributed by atoms with Crippen LogP contribution in [0.2, 0.25) is 0 Å². The molecule has 1 aliphatic heterocycles. The maximum atomic E-state index is 13.0. The van der Waals surface area contributed by atoms with Gasteiger partial charge in [0.1, 0.15) is 0 Å². The molecular formula is C22H26N2O. The number of hydrogen-bond acceptors (Lipinski definition) is 2. The Morgan fingerprint density at radius 1 is 0.960 bits per heavy atom. The molecule has 4 rings (SSSR count). The van der Waals surface area contributed by atoms with Crippen molar-refractivity contribution in [3.05, 3.63) is 71.8 Å². The van der Waals surface area contributed by atoms with Gasteiger partial charge in [-0.05, 0) is 35.8 Å². The summed E-state index contributed by atoms with van der Waals surface area (Å²) in [6.45, 7) is 1.74. The van der Waals surface area contributed by atoms with E-state index >= 15 is 0 Å². The van der Waals surface area contributed by atoms with Gasteiger partial charge in [-0.1, -0.05) is 60.7 Å². The first-order chi connectivity index (χ1) is 12.2. The van der Waals surface area contributed by atoms with E-state index in [1.54, 1.807) is 0 Å². The first kappa shape index (κ1) is 16.3. The molecule has 2 aliphatic rings. The molecule has 0 aromatic heterocycles. The van der Waals surface area contributed by atoms with Gasteiger partial charge in [0.25, 0.3) is 0 Å². The summed E-state index contributed by atoms with van der Waals surface area (Å²) in [6, 6.07) is 21.0. The Morgan fingerprint density at radius 3 is 2.12 bits per heavy atom. The quantitative estimate of drug-likeness (QED) is 0.931. The van der Waals surface area contributed by atoms with Crippen molar-refractivity contribution < 1.29 is 4.79 Å². The number of carbonyl (C=O) groups is 1. The van der Waals surface area contributed by atoms with E-state index < -0.39 is 0 Å². The zero-order valence-corrected chi connectivity index (χ0v) is 14.6. The topological polar surface area (TPSA) is 46.3 Å². The number of nitrogens with zero attached hydrogens (tertiary/aromatic N) is 1. The largest absolute Gasteiger partial charge is 0.342 e. The van der Waals surface area contributed by atoms with Crippen LogP contribution in [0, 0.1) is 11.8 Å². The predicted octanol–water partition coefficient (Wildman–Crippen LogP) is 3.40. The normalized spacial score (nSPS) is 25.4. The highest BCUT2D eigenvalue weighted by molar-refractivity contribution is 5.78. The average molecular weight is 334 g/mol. The van der Waals surface area contributed by atoms with Crippen LogP contribution in [0.5, 0.6) is 0 Å². The van der Waals surface area contributed by atoms with Crippen molar-refractivity contribution in [3.63, 3.8) is 0 Å². The Balaban J connectivity index is 1.52. The minimum absolute atomic E-state index is 0.115. The van der Waals surface area contributed by atoms with E-state index in [1.807, 2.05) is 12.1 Å². The second kappa shape index (κ2) is 7.01. The number of likely N-dealkylation sites (tertiary alicyclic amines) is 1. The minimum atomic E-state index is 0.115. The third kappa shape index (κ3) is 3.34. The number of benzene rings is 2. The van der Waals surface area contributed by atoms with E-state index in [-0.39, 0.29) is 17.9 Å². The third-order valence-electron chi connectivity index (χ3n) is 6.05. The molecule has 1 saturated carbocycles. The Hall–Kier alpha value is -2.13. The summed E-state index contributed by atoms with van der Waals surface area (Å²) < 4.78 is 0. The smallest absolute Gasteiger partial charge is 0.223 e. The molecule has 1 aliphatic carbocycles. The van der Waals surface area contributed by atoms with Crippen molar-refractivity contribution >= 4 is 5.91 Å². The Labute approximate surface area is 149 Å². The summed E-state index contributed by atoms with van der Waals surface area (Å²) in [5, 5.41) is 0. The van der Waals surface area contributed by atoms with Crippen molar-refractivity contribution in [2.24, 2.45) is 17.6 Å². The van der Waals surface area contributed by atoms with Crippen molar-refractivity contribution in [2.45, 2.75) is 31.2 Å². The summed E-state index contributed by atoms with van der Waals surface area (Å²) >= 11 is 0. The lowest BCUT2D eigenvalue weighted by Crippen LogP contribution is -2.34. The van der Waals surface area contributed by atoms with Gasteiger partial charge in [0.2, 0.25) is 5.91 Å². The molecule has 1 heterocycles. The highest BCUT2D eigenvalue weighted by Crippen LogP contribution is 2.38. The van der Waals surface area contributed by atoms with Gasteiger partial charge in [-0.2, -0.15) is 0 Å². The average Bonchev–Trinajstić information content (AvgIpc) is 3.23. The predicted molar refractivity (Wildman–Crippen MR) is 100 cm³/mol. The van der Waals surface area contributed by atoms with Gasteiger partial charge < -0.3 is 10.6 Å². The van der Waals surface area contributed by atoms with E-state index in [1.165, 1.54) is 17.5 Å². The second-order valence-electron chi connectivity index (χ2n) is 7.54. The zero-order chi connectivity index (χ0) is 17.2. The van der Waals surface area contributed by atoms with Crippen molar-refractivity contribution in [2.75, 3.05) is 13.1 Å². The SMILES string of the molecule is NC1CCC2CN(C(=O)CC(c3ccccc3)c3ccccc3)CC12. The van der Waals surface area contributed by atoms with Crippen molar-refractivity contribution in [1.29, 1.82) is 0 Å². The van der Waals surface area contributed by atoms with E-state index in [0.717, 1.165) is 19.5 Å². The Kier molecular flexibility index (Phi) is 4.58. The fourth-order valence-electron chi connectivity index (χ4n) is 4.61. The van der Waals surface area contributed by atoms with Crippen LogP contribution in [-0.4, -0.2) is 29.9 Å². The molecule has 3 atom stereocenters. The Morgan fingerprint density at radius 2 is 1.56 bits per heavy atom. The van der Waals surface area contributed by atoms with Crippen molar-refractivity contribution in [1.82, 2.24) is 4.90 Å². The number of hydrogen-bond donors (Lipinski definition) is 1. The fraction of sp³-hybridized carbons (Fsp3) is 0.409. The number of nitrogens with two attached hydrogens (primary N) is 1. The number of amides is 1. The summed E-state index contributed by atoms with van der Waals surface area (Å²) in [7, 11) is 0. The van der Waals surface area contributed by atoms with E-state index in [9.17, 15) is 4.79 Å². The van der Waals surface area contributed by atoms with Gasteiger partial charge in [-0.25, -0.2) is 0 Å². The first-order valence-corrected chi connectivity index (χ1v) is 9.35. The molecule has 25 heavy (non-hydrogen) atoms. The van der Waals surface area contributed by atoms with Gasteiger partial charge in [0.15, 0.2) is 0 Å². The molecule has 2 aromatic carbocycles. The second-order valence-corrected chi connectivity index (χ2v) is 7.54. The highest BCUT2D eigenvalue weighted by atomic mass is 16.2. The zero-order valence-electron chi connectivity index (χ0n) is 14.6. The van der Waals surface area contributed by atoms with Crippen LogP contribution in [0.4, 0.5) is 0 Å². The molecule has 3 heteroatoms. The monoisotopic (exact) mass is 334 g/mol. The van der Waals surface area contributed by atoms with E-state index in [0.29, 0.717) is 18.3 Å². The number of rotatable bonds is 4. The van der Waals surface area contributed by atoms with Crippen LogP contribution < -0.4 is 5.73 Å². The van der Waals surface area contributed by atoms with Crippen LogP contribution in [0.3, 0.4) is 0 Å². The van der Waals surface area contributed by atoms with E-state index in [4.69, 9.17) is 5.73 Å². The third-order valence-corrected chi connectivity index (χ3v) is 6.05. The van der Waals surface area contributed by atoms with Gasteiger partial charge in [-0.15, -0.1) is 0 Å².